The largest absolute Gasteiger partial charge is 0.444 e. The molecule has 2 amide bonds. The number of carbonyl (C=O) groups excluding carboxylic acids is 2. The minimum absolute atomic E-state index is 0.248. The molecule has 0 aromatic rings. The fourth-order valence-electron chi connectivity index (χ4n) is 2.32. The maximum absolute atomic E-state index is 11.7. The SMILES string of the molecule is CC(C)(C)OC(=O)NCC1CNCC1CNC(=O)OC(C)(C)C. The third-order valence-electron chi connectivity index (χ3n) is 3.29. The molecule has 1 heterocycles. The topological polar surface area (TPSA) is 88.7 Å². The highest BCUT2D eigenvalue weighted by molar-refractivity contribution is 5.68. The van der Waals surface area contributed by atoms with E-state index in [-0.39, 0.29) is 11.8 Å². The number of carbonyl (C=O) groups is 2. The number of hydrogen-bond donors (Lipinski definition) is 3. The van der Waals surface area contributed by atoms with E-state index in [1.807, 2.05) is 41.5 Å². The molecule has 134 valence electrons. The van der Waals surface area contributed by atoms with E-state index in [0.717, 1.165) is 13.1 Å². The lowest BCUT2D eigenvalue weighted by Gasteiger charge is -2.24. The monoisotopic (exact) mass is 329 g/mol. The van der Waals surface area contributed by atoms with Gasteiger partial charge in [-0.15, -0.1) is 0 Å². The molecule has 0 saturated carbocycles. The summed E-state index contributed by atoms with van der Waals surface area (Å²) in [7, 11) is 0. The molecule has 0 spiro atoms. The Hall–Kier alpha value is -1.50. The van der Waals surface area contributed by atoms with E-state index >= 15 is 0 Å². The Balaban J connectivity index is 2.34. The molecule has 2 unspecified atom stereocenters. The van der Waals surface area contributed by atoms with Gasteiger partial charge in [0.15, 0.2) is 0 Å². The standard InChI is InChI=1S/C16H31N3O4/c1-15(2,3)22-13(20)18-9-11-7-17-8-12(11)10-19-14(21)23-16(4,5)6/h11-12,17H,7-10H2,1-6H3,(H,18,20)(H,19,21). The van der Waals surface area contributed by atoms with E-state index in [1.54, 1.807) is 0 Å². The molecule has 1 saturated heterocycles. The minimum atomic E-state index is -0.504. The van der Waals surface area contributed by atoms with Gasteiger partial charge >= 0.3 is 12.2 Å². The van der Waals surface area contributed by atoms with E-state index in [9.17, 15) is 9.59 Å². The zero-order chi connectivity index (χ0) is 17.7. The van der Waals surface area contributed by atoms with Crippen LogP contribution in [0.5, 0.6) is 0 Å². The third kappa shape index (κ3) is 8.64. The van der Waals surface area contributed by atoms with Crippen molar-refractivity contribution >= 4 is 12.2 Å². The Kier molecular flexibility index (Phi) is 6.68. The Bertz CT molecular complexity index is 375. The van der Waals surface area contributed by atoms with Gasteiger partial charge < -0.3 is 25.4 Å². The lowest BCUT2D eigenvalue weighted by atomic mass is 9.96. The van der Waals surface area contributed by atoms with Crippen LogP contribution in [-0.2, 0) is 9.47 Å². The number of nitrogens with one attached hydrogen (secondary N) is 3. The summed E-state index contributed by atoms with van der Waals surface area (Å²) in [6.07, 6.45) is -0.827. The Morgan fingerprint density at radius 1 is 0.870 bits per heavy atom. The van der Waals surface area contributed by atoms with Crippen molar-refractivity contribution in [2.45, 2.75) is 52.7 Å². The fraction of sp³-hybridized carbons (Fsp3) is 0.875. The van der Waals surface area contributed by atoms with Crippen LogP contribution >= 0.6 is 0 Å². The minimum Gasteiger partial charge on any atom is -0.444 e. The van der Waals surface area contributed by atoms with Gasteiger partial charge in [-0.25, -0.2) is 9.59 Å². The second kappa shape index (κ2) is 7.86. The lowest BCUT2D eigenvalue weighted by Crippen LogP contribution is -2.40. The summed E-state index contributed by atoms with van der Waals surface area (Å²) in [5, 5.41) is 8.87. The van der Waals surface area contributed by atoms with Crippen molar-refractivity contribution in [1.82, 2.24) is 16.0 Å². The Labute approximate surface area is 138 Å². The van der Waals surface area contributed by atoms with E-state index in [4.69, 9.17) is 9.47 Å². The maximum Gasteiger partial charge on any atom is 0.407 e. The van der Waals surface area contributed by atoms with Gasteiger partial charge in [0.05, 0.1) is 0 Å². The van der Waals surface area contributed by atoms with Crippen LogP contribution < -0.4 is 16.0 Å². The average Bonchev–Trinajstić information content (AvgIpc) is 2.77. The van der Waals surface area contributed by atoms with Gasteiger partial charge in [0.1, 0.15) is 11.2 Å². The summed E-state index contributed by atoms with van der Waals surface area (Å²) in [6, 6.07) is 0. The predicted molar refractivity (Wildman–Crippen MR) is 88.3 cm³/mol. The summed E-state index contributed by atoms with van der Waals surface area (Å²) in [4.78, 5) is 23.4. The van der Waals surface area contributed by atoms with Crippen LogP contribution in [0.15, 0.2) is 0 Å². The number of alkyl carbamates (subject to hydrolysis) is 2. The van der Waals surface area contributed by atoms with Gasteiger partial charge in [0, 0.05) is 26.2 Å². The summed E-state index contributed by atoms with van der Waals surface area (Å²) in [5.74, 6) is 0.495. The van der Waals surface area contributed by atoms with Crippen LogP contribution in [0.25, 0.3) is 0 Å². The third-order valence-corrected chi connectivity index (χ3v) is 3.29. The molecule has 0 aromatic carbocycles. The molecule has 7 heteroatoms. The zero-order valence-corrected chi connectivity index (χ0v) is 15.1. The Morgan fingerprint density at radius 3 is 1.52 bits per heavy atom. The van der Waals surface area contributed by atoms with Crippen LogP contribution in [0, 0.1) is 11.8 Å². The molecule has 0 aromatic heterocycles. The molecule has 0 aliphatic carbocycles. The van der Waals surface area contributed by atoms with E-state index in [1.165, 1.54) is 0 Å². The van der Waals surface area contributed by atoms with Crippen LogP contribution in [-0.4, -0.2) is 49.6 Å². The van der Waals surface area contributed by atoms with Crippen molar-refractivity contribution in [1.29, 1.82) is 0 Å². The quantitative estimate of drug-likeness (QED) is 0.733. The van der Waals surface area contributed by atoms with Gasteiger partial charge in [-0.2, -0.15) is 0 Å². The van der Waals surface area contributed by atoms with Gasteiger partial charge in [-0.05, 0) is 53.4 Å². The van der Waals surface area contributed by atoms with Gasteiger partial charge in [0.2, 0.25) is 0 Å². The predicted octanol–water partition coefficient (Wildman–Crippen LogP) is 1.87. The highest BCUT2D eigenvalue weighted by Gasteiger charge is 2.29. The van der Waals surface area contributed by atoms with Gasteiger partial charge in [-0.1, -0.05) is 0 Å². The molecule has 1 aliphatic rings. The molecule has 23 heavy (non-hydrogen) atoms. The lowest BCUT2D eigenvalue weighted by molar-refractivity contribution is 0.0491. The van der Waals surface area contributed by atoms with Crippen molar-refractivity contribution in [2.75, 3.05) is 26.2 Å². The van der Waals surface area contributed by atoms with E-state index in [2.05, 4.69) is 16.0 Å². The molecule has 7 nitrogen and oxygen atoms in total. The normalized spacial score (nSPS) is 21.7. The average molecular weight is 329 g/mol. The second-order valence-corrected chi connectivity index (χ2v) is 7.94. The fourth-order valence-corrected chi connectivity index (χ4v) is 2.32. The first-order valence-electron chi connectivity index (χ1n) is 8.11. The van der Waals surface area contributed by atoms with Crippen molar-refractivity contribution in [3.05, 3.63) is 0 Å². The first-order chi connectivity index (χ1) is 10.5. The molecule has 1 rings (SSSR count). The molecule has 1 fully saturated rings. The van der Waals surface area contributed by atoms with Crippen molar-refractivity contribution in [3.63, 3.8) is 0 Å². The first-order valence-corrected chi connectivity index (χ1v) is 8.11. The summed E-state index contributed by atoms with van der Waals surface area (Å²) < 4.78 is 10.5. The number of amides is 2. The molecule has 0 radical (unpaired) electrons. The second-order valence-electron chi connectivity index (χ2n) is 7.94. The van der Waals surface area contributed by atoms with Crippen molar-refractivity contribution in [2.24, 2.45) is 11.8 Å². The van der Waals surface area contributed by atoms with Crippen LogP contribution in [0.1, 0.15) is 41.5 Å². The zero-order valence-electron chi connectivity index (χ0n) is 15.1. The molecular formula is C16H31N3O4. The van der Waals surface area contributed by atoms with Crippen LogP contribution in [0.4, 0.5) is 9.59 Å². The highest BCUT2D eigenvalue weighted by Crippen LogP contribution is 2.16. The number of hydrogen-bond acceptors (Lipinski definition) is 5. The smallest absolute Gasteiger partial charge is 0.407 e. The molecule has 3 N–H and O–H groups in total. The van der Waals surface area contributed by atoms with Gasteiger partial charge in [-0.3, -0.25) is 0 Å². The van der Waals surface area contributed by atoms with Crippen LogP contribution in [0.2, 0.25) is 0 Å². The summed E-state index contributed by atoms with van der Waals surface area (Å²) in [6.45, 7) is 13.6. The van der Waals surface area contributed by atoms with Crippen LogP contribution in [0.3, 0.4) is 0 Å². The van der Waals surface area contributed by atoms with Gasteiger partial charge in [0.25, 0.3) is 0 Å². The highest BCUT2D eigenvalue weighted by atomic mass is 16.6. The summed E-state index contributed by atoms with van der Waals surface area (Å²) in [5.41, 5.74) is -1.01. The number of rotatable bonds is 4. The molecular weight excluding hydrogens is 298 g/mol. The molecule has 2 atom stereocenters. The van der Waals surface area contributed by atoms with Crippen molar-refractivity contribution < 1.29 is 19.1 Å². The molecule has 0 bridgehead atoms. The van der Waals surface area contributed by atoms with E-state index < -0.39 is 23.4 Å². The number of ether oxygens (including phenoxy) is 2. The maximum atomic E-state index is 11.7. The summed E-state index contributed by atoms with van der Waals surface area (Å²) >= 11 is 0. The Morgan fingerprint density at radius 2 is 1.22 bits per heavy atom. The first kappa shape index (κ1) is 19.5. The van der Waals surface area contributed by atoms with Crippen molar-refractivity contribution in [3.8, 4) is 0 Å². The molecule has 1 aliphatic heterocycles. The van der Waals surface area contributed by atoms with E-state index in [0.29, 0.717) is 13.1 Å².